The molecule has 32 heavy (non-hydrogen) atoms. The summed E-state index contributed by atoms with van der Waals surface area (Å²) in [7, 11) is 0. The van der Waals surface area contributed by atoms with Gasteiger partial charge in [0.15, 0.2) is 17.3 Å². The highest BCUT2D eigenvalue weighted by atomic mass is 16.6. The van der Waals surface area contributed by atoms with E-state index in [2.05, 4.69) is 5.16 Å². The molecule has 0 aliphatic carbocycles. The van der Waals surface area contributed by atoms with Crippen molar-refractivity contribution in [2.75, 3.05) is 24.7 Å². The van der Waals surface area contributed by atoms with Crippen LogP contribution in [0, 0.1) is 12.8 Å². The molecular weight excluding hydrogens is 412 g/mol. The van der Waals surface area contributed by atoms with Gasteiger partial charge in [-0.15, -0.1) is 0 Å². The molecule has 1 fully saturated rings. The van der Waals surface area contributed by atoms with Crippen molar-refractivity contribution in [2.24, 2.45) is 5.92 Å². The molecule has 3 aromatic rings. The zero-order valence-corrected chi connectivity index (χ0v) is 17.6. The minimum atomic E-state index is -0.507. The number of aromatic nitrogens is 1. The van der Waals surface area contributed by atoms with Crippen molar-refractivity contribution in [3.05, 3.63) is 59.8 Å². The topological polar surface area (TPSA) is 91.1 Å². The summed E-state index contributed by atoms with van der Waals surface area (Å²) in [4.78, 5) is 26.6. The molecular formula is C24H22N2O6. The molecule has 0 bridgehead atoms. The molecule has 0 saturated carbocycles. The van der Waals surface area contributed by atoms with Gasteiger partial charge < -0.3 is 23.6 Å². The molecule has 3 heterocycles. The Balaban J connectivity index is 1.20. The highest BCUT2D eigenvalue weighted by Crippen LogP contribution is 2.35. The van der Waals surface area contributed by atoms with Crippen LogP contribution in [0.2, 0.25) is 0 Å². The molecule has 8 nitrogen and oxygen atoms in total. The van der Waals surface area contributed by atoms with Crippen molar-refractivity contribution in [3.63, 3.8) is 0 Å². The Hall–Kier alpha value is -3.81. The maximum absolute atomic E-state index is 12.6. The molecule has 2 aliphatic rings. The van der Waals surface area contributed by atoms with Crippen LogP contribution in [0.1, 0.15) is 17.7 Å². The third kappa shape index (κ3) is 4.03. The first kappa shape index (κ1) is 20.1. The first-order chi connectivity index (χ1) is 15.6. The van der Waals surface area contributed by atoms with Gasteiger partial charge in [0.05, 0.1) is 5.92 Å². The van der Waals surface area contributed by atoms with Gasteiger partial charge in [-0.1, -0.05) is 17.3 Å². The van der Waals surface area contributed by atoms with E-state index in [1.807, 2.05) is 49.4 Å². The SMILES string of the molecule is Cc1cccc(N2CC(C(=O)OCc3cc(-c4ccc5c(c4)OCCO5)on3)CC2=O)c1. The Kier molecular flexibility index (Phi) is 5.26. The standard InChI is InChI=1S/C24H22N2O6/c1-15-3-2-4-19(9-15)26-13-17(11-23(26)27)24(28)31-14-18-12-21(32-25-18)16-5-6-20-22(10-16)30-8-7-29-20/h2-6,9-10,12,17H,7-8,11,13-14H2,1H3. The van der Waals surface area contributed by atoms with Crippen LogP contribution in [-0.4, -0.2) is 36.8 Å². The molecule has 0 radical (unpaired) electrons. The van der Waals surface area contributed by atoms with Crippen LogP contribution >= 0.6 is 0 Å². The Morgan fingerprint density at radius 2 is 1.97 bits per heavy atom. The maximum Gasteiger partial charge on any atom is 0.311 e. The molecule has 2 aliphatic heterocycles. The lowest BCUT2D eigenvalue weighted by Crippen LogP contribution is -2.26. The van der Waals surface area contributed by atoms with E-state index in [-0.39, 0.29) is 18.9 Å². The van der Waals surface area contributed by atoms with Gasteiger partial charge >= 0.3 is 5.97 Å². The normalized spacial score (nSPS) is 17.5. The third-order valence-electron chi connectivity index (χ3n) is 5.52. The van der Waals surface area contributed by atoms with E-state index in [1.165, 1.54) is 0 Å². The number of benzene rings is 2. The van der Waals surface area contributed by atoms with Crippen LogP contribution in [0.4, 0.5) is 5.69 Å². The summed E-state index contributed by atoms with van der Waals surface area (Å²) in [6.07, 6.45) is 0.133. The number of hydrogen-bond acceptors (Lipinski definition) is 7. The summed E-state index contributed by atoms with van der Waals surface area (Å²) in [5.74, 6) is 0.876. The van der Waals surface area contributed by atoms with E-state index in [0.29, 0.717) is 42.7 Å². The van der Waals surface area contributed by atoms with Crippen LogP contribution in [0.25, 0.3) is 11.3 Å². The number of carbonyl (C=O) groups excluding carboxylic acids is 2. The first-order valence-corrected chi connectivity index (χ1v) is 10.5. The highest BCUT2D eigenvalue weighted by molar-refractivity contribution is 5.99. The smallest absolute Gasteiger partial charge is 0.311 e. The van der Waals surface area contributed by atoms with Crippen molar-refractivity contribution >= 4 is 17.6 Å². The lowest BCUT2D eigenvalue weighted by atomic mass is 10.1. The Morgan fingerprint density at radius 3 is 2.81 bits per heavy atom. The number of anilines is 1. The Bertz CT molecular complexity index is 1170. The number of ether oxygens (including phenoxy) is 3. The molecule has 1 unspecified atom stereocenters. The van der Waals surface area contributed by atoms with Crippen LogP contribution in [0.5, 0.6) is 11.5 Å². The van der Waals surface area contributed by atoms with E-state index in [1.54, 1.807) is 11.0 Å². The molecule has 0 N–H and O–H groups in total. The molecule has 2 aromatic carbocycles. The highest BCUT2D eigenvalue weighted by Gasteiger charge is 2.36. The number of nitrogens with zero attached hydrogens (tertiary/aromatic N) is 2. The number of amides is 1. The van der Waals surface area contributed by atoms with Crippen molar-refractivity contribution in [2.45, 2.75) is 20.0 Å². The predicted molar refractivity (Wildman–Crippen MR) is 114 cm³/mol. The third-order valence-corrected chi connectivity index (χ3v) is 5.52. The summed E-state index contributed by atoms with van der Waals surface area (Å²) in [5.41, 5.74) is 3.13. The number of hydrogen-bond donors (Lipinski definition) is 0. The average molecular weight is 434 g/mol. The monoisotopic (exact) mass is 434 g/mol. The molecule has 8 heteroatoms. The summed E-state index contributed by atoms with van der Waals surface area (Å²) in [6.45, 7) is 3.27. The van der Waals surface area contributed by atoms with Gasteiger partial charge in [-0.25, -0.2) is 0 Å². The maximum atomic E-state index is 12.6. The number of esters is 1. The van der Waals surface area contributed by atoms with Gasteiger partial charge in [0, 0.05) is 30.3 Å². The predicted octanol–water partition coefficient (Wildman–Crippen LogP) is 3.52. The molecule has 1 amide bonds. The zero-order valence-electron chi connectivity index (χ0n) is 17.6. The minimum absolute atomic E-state index is 0.0258. The van der Waals surface area contributed by atoms with Crippen LogP contribution in [0.15, 0.2) is 53.1 Å². The van der Waals surface area contributed by atoms with Gasteiger partial charge in [-0.05, 0) is 42.8 Å². The van der Waals surface area contributed by atoms with Gasteiger partial charge in [0.2, 0.25) is 5.91 Å². The second-order valence-corrected chi connectivity index (χ2v) is 7.89. The van der Waals surface area contributed by atoms with E-state index in [9.17, 15) is 9.59 Å². The number of fused-ring (bicyclic) bond motifs is 1. The molecule has 0 spiro atoms. The fourth-order valence-electron chi connectivity index (χ4n) is 3.89. The van der Waals surface area contributed by atoms with Gasteiger partial charge in [0.1, 0.15) is 25.5 Å². The van der Waals surface area contributed by atoms with Crippen LogP contribution < -0.4 is 14.4 Å². The molecule has 1 aromatic heterocycles. The van der Waals surface area contributed by atoms with E-state index in [0.717, 1.165) is 16.8 Å². The minimum Gasteiger partial charge on any atom is -0.486 e. The number of aryl methyl sites for hydroxylation is 1. The lowest BCUT2D eigenvalue weighted by molar-refractivity contribution is -0.149. The summed E-state index contributed by atoms with van der Waals surface area (Å²) < 4.78 is 21.9. The van der Waals surface area contributed by atoms with E-state index in [4.69, 9.17) is 18.7 Å². The second-order valence-electron chi connectivity index (χ2n) is 7.89. The van der Waals surface area contributed by atoms with Crippen molar-refractivity contribution < 1.29 is 28.3 Å². The van der Waals surface area contributed by atoms with E-state index < -0.39 is 11.9 Å². The van der Waals surface area contributed by atoms with Crippen LogP contribution in [-0.2, 0) is 20.9 Å². The van der Waals surface area contributed by atoms with Crippen molar-refractivity contribution in [3.8, 4) is 22.8 Å². The van der Waals surface area contributed by atoms with Gasteiger partial charge in [-0.3, -0.25) is 9.59 Å². The lowest BCUT2D eigenvalue weighted by Gasteiger charge is -2.18. The Labute approximate surface area is 184 Å². The summed E-state index contributed by atoms with van der Waals surface area (Å²) in [6, 6.07) is 14.9. The fourth-order valence-corrected chi connectivity index (χ4v) is 3.89. The quantitative estimate of drug-likeness (QED) is 0.568. The molecule has 164 valence electrons. The first-order valence-electron chi connectivity index (χ1n) is 10.5. The van der Waals surface area contributed by atoms with E-state index >= 15 is 0 Å². The molecule has 1 atom stereocenters. The largest absolute Gasteiger partial charge is 0.486 e. The molecule has 5 rings (SSSR count). The zero-order chi connectivity index (χ0) is 22.1. The number of carbonyl (C=O) groups is 2. The van der Waals surface area contributed by atoms with Crippen molar-refractivity contribution in [1.82, 2.24) is 5.16 Å². The average Bonchev–Trinajstić information content (AvgIpc) is 3.44. The van der Waals surface area contributed by atoms with Gasteiger partial charge in [-0.2, -0.15) is 0 Å². The number of rotatable bonds is 5. The Morgan fingerprint density at radius 1 is 1.12 bits per heavy atom. The van der Waals surface area contributed by atoms with Crippen LogP contribution in [0.3, 0.4) is 0 Å². The van der Waals surface area contributed by atoms with Crippen molar-refractivity contribution in [1.29, 1.82) is 0 Å². The summed E-state index contributed by atoms with van der Waals surface area (Å²) >= 11 is 0. The fraction of sp³-hybridized carbons (Fsp3) is 0.292. The van der Waals surface area contributed by atoms with Gasteiger partial charge in [0.25, 0.3) is 0 Å². The summed E-state index contributed by atoms with van der Waals surface area (Å²) in [5, 5.41) is 3.99. The molecule has 1 saturated heterocycles. The second kappa shape index (κ2) is 8.37.